The average molecular weight is 343 g/mol. The Kier molecular flexibility index (Phi) is 4.90. The third kappa shape index (κ3) is 4.07. The van der Waals surface area contributed by atoms with E-state index >= 15 is 0 Å². The third-order valence-corrected chi connectivity index (χ3v) is 4.15. The lowest BCUT2D eigenvalue weighted by atomic mass is 9.95. The van der Waals surface area contributed by atoms with Crippen molar-refractivity contribution in [2.45, 2.75) is 52.1 Å². The van der Waals surface area contributed by atoms with Crippen LogP contribution >= 0.6 is 0 Å². The van der Waals surface area contributed by atoms with Gasteiger partial charge < -0.3 is 9.47 Å². The van der Waals surface area contributed by atoms with E-state index in [0.717, 1.165) is 35.1 Å². The van der Waals surface area contributed by atoms with E-state index < -0.39 is 11.7 Å². The van der Waals surface area contributed by atoms with Crippen LogP contribution in [0.15, 0.2) is 18.3 Å². The molecule has 0 radical (unpaired) electrons. The normalized spacial score (nSPS) is 17.7. The van der Waals surface area contributed by atoms with Crippen LogP contribution in [0.4, 0.5) is 10.5 Å². The van der Waals surface area contributed by atoms with Crippen LogP contribution in [-0.2, 0) is 15.9 Å². The van der Waals surface area contributed by atoms with E-state index in [-0.39, 0.29) is 5.92 Å². The van der Waals surface area contributed by atoms with Crippen LogP contribution in [0, 0.1) is 0 Å². The number of aryl methyl sites for hydroxylation is 1. The first-order valence-electron chi connectivity index (χ1n) is 8.73. The van der Waals surface area contributed by atoms with Gasteiger partial charge in [0.1, 0.15) is 5.60 Å². The molecule has 1 N–H and O–H groups in total. The molecule has 0 aliphatic carbocycles. The Morgan fingerprint density at radius 3 is 2.84 bits per heavy atom. The first-order valence-corrected chi connectivity index (χ1v) is 8.73. The molecule has 1 aliphatic rings. The van der Waals surface area contributed by atoms with Crippen molar-refractivity contribution < 1.29 is 14.3 Å². The molecule has 0 bridgehead atoms. The Bertz CT molecular complexity index is 777. The highest BCUT2D eigenvalue weighted by Gasteiger charge is 2.26. The average Bonchev–Trinajstić information content (AvgIpc) is 3.06. The molecule has 1 atom stereocenters. The van der Waals surface area contributed by atoms with Crippen LogP contribution in [0.1, 0.15) is 51.3 Å². The fourth-order valence-corrected chi connectivity index (χ4v) is 3.01. The zero-order chi connectivity index (χ0) is 18.0. The Morgan fingerprint density at radius 2 is 2.20 bits per heavy atom. The summed E-state index contributed by atoms with van der Waals surface area (Å²) in [6.45, 7) is 8.93. The van der Waals surface area contributed by atoms with E-state index in [1.54, 1.807) is 6.20 Å². The van der Waals surface area contributed by atoms with Gasteiger partial charge in [-0.15, -0.1) is 0 Å². The van der Waals surface area contributed by atoms with Crippen LogP contribution < -0.4 is 5.32 Å². The first-order chi connectivity index (χ1) is 11.9. The number of amides is 1. The molecule has 0 spiro atoms. The third-order valence-electron chi connectivity index (χ3n) is 4.15. The van der Waals surface area contributed by atoms with Gasteiger partial charge in [-0.3, -0.25) is 15.3 Å². The summed E-state index contributed by atoms with van der Waals surface area (Å²) in [5, 5.41) is 2.85. The van der Waals surface area contributed by atoms with Gasteiger partial charge in [0.25, 0.3) is 0 Å². The predicted molar refractivity (Wildman–Crippen MR) is 96.9 cm³/mol. The fraction of sp³-hybridized carbons (Fsp3) is 0.526. The molecule has 6 heteroatoms. The molecule has 1 saturated heterocycles. The van der Waals surface area contributed by atoms with E-state index in [1.807, 2.05) is 32.9 Å². The van der Waals surface area contributed by atoms with Gasteiger partial charge in [-0.2, -0.15) is 0 Å². The monoisotopic (exact) mass is 343 g/mol. The summed E-state index contributed by atoms with van der Waals surface area (Å²) in [5.74, 6) is 0.190. The maximum atomic E-state index is 12.2. The molecule has 1 fully saturated rings. The number of anilines is 1. The molecule has 1 amide bonds. The van der Waals surface area contributed by atoms with Crippen LogP contribution in [0.25, 0.3) is 11.0 Å². The second-order valence-electron chi connectivity index (χ2n) is 7.30. The number of fused-ring (bicyclic) bond motifs is 1. The number of aromatic nitrogens is 2. The van der Waals surface area contributed by atoms with Crippen molar-refractivity contribution in [2.24, 2.45) is 0 Å². The molecule has 0 aromatic carbocycles. The van der Waals surface area contributed by atoms with E-state index in [9.17, 15) is 4.79 Å². The number of carbonyl (C=O) groups is 1. The molecule has 25 heavy (non-hydrogen) atoms. The zero-order valence-corrected chi connectivity index (χ0v) is 15.3. The molecular weight excluding hydrogens is 318 g/mol. The highest BCUT2D eigenvalue weighted by Crippen LogP contribution is 2.35. The fourth-order valence-electron chi connectivity index (χ4n) is 3.01. The van der Waals surface area contributed by atoms with Crippen molar-refractivity contribution in [1.29, 1.82) is 0 Å². The minimum Gasteiger partial charge on any atom is -0.444 e. The highest BCUT2D eigenvalue weighted by molar-refractivity contribution is 5.91. The summed E-state index contributed by atoms with van der Waals surface area (Å²) >= 11 is 0. The van der Waals surface area contributed by atoms with E-state index in [1.165, 1.54) is 0 Å². The summed E-state index contributed by atoms with van der Waals surface area (Å²) in [4.78, 5) is 21.5. The number of nitrogens with one attached hydrogen (secondary N) is 1. The molecule has 134 valence electrons. The van der Waals surface area contributed by atoms with E-state index in [2.05, 4.69) is 17.2 Å². The van der Waals surface area contributed by atoms with Crippen LogP contribution in [0.3, 0.4) is 0 Å². The maximum absolute atomic E-state index is 12.2. The number of ether oxygens (including phenoxy) is 2. The Balaban J connectivity index is 2.04. The number of pyridine rings is 2. The number of hydrogen-bond donors (Lipinski definition) is 1. The maximum Gasteiger partial charge on any atom is 0.412 e. The predicted octanol–water partition coefficient (Wildman–Crippen LogP) is 4.04. The van der Waals surface area contributed by atoms with Gasteiger partial charge in [-0.1, -0.05) is 6.92 Å². The zero-order valence-electron chi connectivity index (χ0n) is 15.3. The lowest BCUT2D eigenvalue weighted by Gasteiger charge is -2.21. The lowest BCUT2D eigenvalue weighted by molar-refractivity contribution is 0.0635. The van der Waals surface area contributed by atoms with E-state index in [4.69, 9.17) is 14.5 Å². The Morgan fingerprint density at radius 1 is 1.40 bits per heavy atom. The van der Waals surface area contributed by atoms with Crippen molar-refractivity contribution in [1.82, 2.24) is 9.97 Å². The van der Waals surface area contributed by atoms with Crippen molar-refractivity contribution in [3.8, 4) is 0 Å². The van der Waals surface area contributed by atoms with Gasteiger partial charge in [0.15, 0.2) is 0 Å². The number of nitrogens with zero attached hydrogens (tertiary/aromatic N) is 2. The topological polar surface area (TPSA) is 73.3 Å². The number of rotatable bonds is 3. The van der Waals surface area contributed by atoms with Gasteiger partial charge in [-0.05, 0) is 45.7 Å². The van der Waals surface area contributed by atoms with Crippen LogP contribution in [0.2, 0.25) is 0 Å². The molecule has 3 rings (SSSR count). The second-order valence-corrected chi connectivity index (χ2v) is 7.30. The number of hydrogen-bond acceptors (Lipinski definition) is 5. The first kappa shape index (κ1) is 17.6. The van der Waals surface area contributed by atoms with Crippen molar-refractivity contribution in [2.75, 3.05) is 18.5 Å². The molecule has 3 heterocycles. The standard InChI is InChI=1S/C19H25N3O3/c1-5-13-6-7-14-17(21-13)16(12-8-9-24-11-12)15(10-20-14)22-18(23)25-19(2,3)4/h6-7,10,12H,5,8-9,11H2,1-4H3,(H,22,23). The second kappa shape index (κ2) is 6.96. The molecule has 1 aliphatic heterocycles. The summed E-state index contributed by atoms with van der Waals surface area (Å²) in [7, 11) is 0. The van der Waals surface area contributed by atoms with Gasteiger partial charge in [0, 0.05) is 23.8 Å². The van der Waals surface area contributed by atoms with Crippen molar-refractivity contribution in [3.63, 3.8) is 0 Å². The minimum atomic E-state index is -0.557. The van der Waals surface area contributed by atoms with E-state index in [0.29, 0.717) is 18.9 Å². The van der Waals surface area contributed by atoms with Gasteiger partial charge in [0.05, 0.1) is 29.5 Å². The number of carbonyl (C=O) groups excluding carboxylic acids is 1. The summed E-state index contributed by atoms with van der Waals surface area (Å²) in [6.07, 6.45) is 2.95. The molecule has 0 saturated carbocycles. The molecule has 1 unspecified atom stereocenters. The van der Waals surface area contributed by atoms with Gasteiger partial charge in [0.2, 0.25) is 0 Å². The van der Waals surface area contributed by atoms with Crippen LogP contribution in [0.5, 0.6) is 0 Å². The molecule has 6 nitrogen and oxygen atoms in total. The minimum absolute atomic E-state index is 0.190. The molecular formula is C19H25N3O3. The quantitative estimate of drug-likeness (QED) is 0.910. The Labute approximate surface area is 147 Å². The summed E-state index contributed by atoms with van der Waals surface area (Å²) in [6, 6.07) is 3.98. The molecule has 2 aromatic heterocycles. The largest absolute Gasteiger partial charge is 0.444 e. The highest BCUT2D eigenvalue weighted by atomic mass is 16.6. The lowest BCUT2D eigenvalue weighted by Crippen LogP contribution is -2.27. The SMILES string of the molecule is CCc1ccc2ncc(NC(=O)OC(C)(C)C)c(C3CCOC3)c2n1. The summed E-state index contributed by atoms with van der Waals surface area (Å²) < 4.78 is 11.0. The Hall–Kier alpha value is -2.21. The summed E-state index contributed by atoms with van der Waals surface area (Å²) in [5.41, 5.74) is 3.75. The van der Waals surface area contributed by atoms with Crippen LogP contribution in [-0.4, -0.2) is 34.9 Å². The van der Waals surface area contributed by atoms with Gasteiger partial charge >= 0.3 is 6.09 Å². The smallest absolute Gasteiger partial charge is 0.412 e. The van der Waals surface area contributed by atoms with Gasteiger partial charge in [-0.25, -0.2) is 4.79 Å². The molecule has 2 aromatic rings. The van der Waals surface area contributed by atoms with Crippen molar-refractivity contribution in [3.05, 3.63) is 29.6 Å². The van der Waals surface area contributed by atoms with Crippen molar-refractivity contribution >= 4 is 22.8 Å².